The van der Waals surface area contributed by atoms with Crippen LogP contribution in [0.2, 0.25) is 5.02 Å². The van der Waals surface area contributed by atoms with E-state index >= 15 is 0 Å². The molecule has 0 aliphatic heterocycles. The van der Waals surface area contributed by atoms with Crippen molar-refractivity contribution in [1.82, 2.24) is 4.98 Å². The van der Waals surface area contributed by atoms with Crippen LogP contribution in [-0.2, 0) is 11.2 Å². The Kier molecular flexibility index (Phi) is 5.88. The molecule has 0 saturated carbocycles. The van der Waals surface area contributed by atoms with Crippen LogP contribution < -0.4 is 5.32 Å². The van der Waals surface area contributed by atoms with Crippen molar-refractivity contribution in [2.45, 2.75) is 12.8 Å². The molecule has 106 valence electrons. The van der Waals surface area contributed by atoms with Crippen LogP contribution in [0.1, 0.15) is 16.9 Å². The highest BCUT2D eigenvalue weighted by Gasteiger charge is 2.08. The molecule has 6 heteroatoms. The molecular weight excluding hydrogens is 312 g/mol. The summed E-state index contributed by atoms with van der Waals surface area (Å²) in [6.45, 7) is 0. The van der Waals surface area contributed by atoms with E-state index in [1.54, 1.807) is 18.0 Å². The number of rotatable bonds is 6. The molecule has 3 nitrogen and oxygen atoms in total. The molecule has 0 spiro atoms. The summed E-state index contributed by atoms with van der Waals surface area (Å²) >= 11 is 9.28. The molecule has 1 amide bonds. The van der Waals surface area contributed by atoms with E-state index in [1.807, 2.05) is 30.5 Å². The molecule has 1 aromatic carbocycles. The van der Waals surface area contributed by atoms with Gasteiger partial charge in [0.15, 0.2) is 5.13 Å². The maximum atomic E-state index is 11.6. The number of carbonyl (C=O) groups is 1. The fourth-order valence-corrected chi connectivity index (χ4v) is 3.10. The normalized spacial score (nSPS) is 10.5. The first-order chi connectivity index (χ1) is 9.69. The Labute approximate surface area is 131 Å². The molecule has 0 radical (unpaired) electrons. The third kappa shape index (κ3) is 4.51. The van der Waals surface area contributed by atoms with Crippen molar-refractivity contribution in [1.29, 1.82) is 0 Å². The number of nitrogens with one attached hydrogen (secondary N) is 1. The van der Waals surface area contributed by atoms with Gasteiger partial charge >= 0.3 is 0 Å². The van der Waals surface area contributed by atoms with Crippen molar-refractivity contribution < 1.29 is 4.79 Å². The smallest absolute Gasteiger partial charge is 0.226 e. The largest absolute Gasteiger partial charge is 0.302 e. The molecule has 0 aliphatic rings. The number of amides is 1. The number of nitrogens with zero attached hydrogens (tertiary/aromatic N) is 1. The molecular formula is C14H15ClN2OS2. The minimum absolute atomic E-state index is 0.0120. The van der Waals surface area contributed by atoms with Gasteiger partial charge in [-0.25, -0.2) is 4.98 Å². The van der Waals surface area contributed by atoms with Crippen LogP contribution in [0.15, 0.2) is 30.5 Å². The summed E-state index contributed by atoms with van der Waals surface area (Å²) < 4.78 is 0. The summed E-state index contributed by atoms with van der Waals surface area (Å²) in [7, 11) is 0. The average Bonchev–Trinajstić information content (AvgIpc) is 2.86. The van der Waals surface area contributed by atoms with Crippen LogP contribution in [0.25, 0.3) is 0 Å². The lowest BCUT2D eigenvalue weighted by Gasteiger charge is -2.01. The zero-order valence-electron chi connectivity index (χ0n) is 11.1. The first kappa shape index (κ1) is 15.4. The van der Waals surface area contributed by atoms with Gasteiger partial charge in [-0.15, -0.1) is 11.3 Å². The van der Waals surface area contributed by atoms with Gasteiger partial charge < -0.3 is 5.32 Å². The highest BCUT2D eigenvalue weighted by Crippen LogP contribution is 2.24. The van der Waals surface area contributed by atoms with Gasteiger partial charge in [0, 0.05) is 34.7 Å². The number of thiazole rings is 1. The Bertz CT molecular complexity index is 586. The number of aromatic nitrogens is 1. The Hall–Kier alpha value is -1.04. The van der Waals surface area contributed by atoms with E-state index in [0.29, 0.717) is 11.6 Å². The van der Waals surface area contributed by atoms with Crippen molar-refractivity contribution in [3.63, 3.8) is 0 Å². The average molecular weight is 327 g/mol. The lowest BCUT2D eigenvalue weighted by Crippen LogP contribution is -2.11. The molecule has 0 unspecified atom stereocenters. The molecule has 20 heavy (non-hydrogen) atoms. The molecule has 0 fully saturated rings. The number of benzene rings is 1. The molecule has 1 heterocycles. The second-order valence-corrected chi connectivity index (χ2v) is 6.70. The van der Waals surface area contributed by atoms with Crippen LogP contribution in [0.3, 0.4) is 0 Å². The van der Waals surface area contributed by atoms with Crippen molar-refractivity contribution in [2.75, 3.05) is 17.3 Å². The minimum Gasteiger partial charge on any atom is -0.302 e. The zero-order chi connectivity index (χ0) is 14.4. The second kappa shape index (κ2) is 7.67. The highest BCUT2D eigenvalue weighted by molar-refractivity contribution is 7.98. The molecule has 0 bridgehead atoms. The number of anilines is 1. The number of carbonyl (C=O) groups excluding carboxylic acids is 1. The zero-order valence-corrected chi connectivity index (χ0v) is 13.4. The molecule has 0 saturated heterocycles. The molecule has 0 atom stereocenters. The second-order valence-electron chi connectivity index (χ2n) is 4.19. The van der Waals surface area contributed by atoms with E-state index in [2.05, 4.69) is 10.3 Å². The summed E-state index contributed by atoms with van der Waals surface area (Å²) in [6.07, 6.45) is 5.02. The molecule has 2 rings (SSSR count). The van der Waals surface area contributed by atoms with Gasteiger partial charge in [0.05, 0.1) is 0 Å². The van der Waals surface area contributed by atoms with Crippen molar-refractivity contribution in [2.24, 2.45) is 0 Å². The van der Waals surface area contributed by atoms with E-state index in [-0.39, 0.29) is 5.91 Å². The standard InChI is InChI=1S/C14H15ClN2OS2/c1-19-7-6-13(18)17-14-16-9-11(20-14)8-10-4-2-3-5-12(10)15/h2-5,9H,6-8H2,1H3,(H,16,17,18). The SMILES string of the molecule is CSCCC(=O)Nc1ncc(Cc2ccccc2Cl)s1. The number of hydrogen-bond donors (Lipinski definition) is 1. The third-order valence-corrected chi connectivity index (χ3v) is 4.55. The highest BCUT2D eigenvalue weighted by atomic mass is 35.5. The quantitative estimate of drug-likeness (QED) is 0.869. The van der Waals surface area contributed by atoms with Crippen LogP contribution in [0.4, 0.5) is 5.13 Å². The van der Waals surface area contributed by atoms with Crippen LogP contribution in [0.5, 0.6) is 0 Å². The van der Waals surface area contributed by atoms with Crippen LogP contribution in [-0.4, -0.2) is 22.9 Å². The van der Waals surface area contributed by atoms with Crippen molar-refractivity contribution in [3.05, 3.63) is 45.9 Å². The Morgan fingerprint density at radius 2 is 2.25 bits per heavy atom. The van der Waals surface area contributed by atoms with Crippen LogP contribution in [0, 0.1) is 0 Å². The molecule has 2 aromatic rings. The molecule has 1 N–H and O–H groups in total. The summed E-state index contributed by atoms with van der Waals surface area (Å²) in [4.78, 5) is 16.9. The first-order valence-electron chi connectivity index (χ1n) is 6.16. The topological polar surface area (TPSA) is 42.0 Å². The van der Waals surface area contributed by atoms with Gasteiger partial charge in [-0.2, -0.15) is 11.8 Å². The van der Waals surface area contributed by atoms with Gasteiger partial charge in [-0.3, -0.25) is 4.79 Å². The molecule has 0 aliphatic carbocycles. The maximum absolute atomic E-state index is 11.6. The van der Waals surface area contributed by atoms with E-state index in [0.717, 1.165) is 27.6 Å². The van der Waals surface area contributed by atoms with Gasteiger partial charge in [0.25, 0.3) is 0 Å². The predicted molar refractivity (Wildman–Crippen MR) is 88.0 cm³/mol. The summed E-state index contributed by atoms with van der Waals surface area (Å²) in [5.41, 5.74) is 1.07. The minimum atomic E-state index is 0.0120. The lowest BCUT2D eigenvalue weighted by atomic mass is 10.1. The molecule has 1 aromatic heterocycles. The fourth-order valence-electron chi connectivity index (χ4n) is 1.65. The maximum Gasteiger partial charge on any atom is 0.226 e. The third-order valence-electron chi connectivity index (χ3n) is 2.66. The van der Waals surface area contributed by atoms with Crippen molar-refractivity contribution in [3.8, 4) is 0 Å². The lowest BCUT2D eigenvalue weighted by molar-refractivity contribution is -0.115. The Morgan fingerprint density at radius 3 is 3.00 bits per heavy atom. The van der Waals surface area contributed by atoms with Gasteiger partial charge in [-0.05, 0) is 17.9 Å². The fraction of sp³-hybridized carbons (Fsp3) is 0.286. The van der Waals surface area contributed by atoms with E-state index in [4.69, 9.17) is 11.6 Å². The monoisotopic (exact) mass is 326 g/mol. The summed E-state index contributed by atoms with van der Waals surface area (Å²) in [5, 5.41) is 4.23. The predicted octanol–water partition coefficient (Wildman–Crippen LogP) is 4.08. The first-order valence-corrected chi connectivity index (χ1v) is 8.75. The van der Waals surface area contributed by atoms with Gasteiger partial charge in [0.2, 0.25) is 5.91 Å². The number of thioether (sulfide) groups is 1. The van der Waals surface area contributed by atoms with E-state index in [9.17, 15) is 4.79 Å². The number of halogens is 1. The number of hydrogen-bond acceptors (Lipinski definition) is 4. The van der Waals surface area contributed by atoms with Gasteiger partial charge in [-0.1, -0.05) is 29.8 Å². The van der Waals surface area contributed by atoms with E-state index in [1.165, 1.54) is 11.3 Å². The summed E-state index contributed by atoms with van der Waals surface area (Å²) in [5.74, 6) is 0.835. The Balaban J connectivity index is 1.96. The van der Waals surface area contributed by atoms with Crippen molar-refractivity contribution >= 4 is 45.7 Å². The Morgan fingerprint density at radius 1 is 1.45 bits per heavy atom. The van der Waals surface area contributed by atoms with Crippen LogP contribution >= 0.6 is 34.7 Å². The van der Waals surface area contributed by atoms with E-state index < -0.39 is 0 Å². The van der Waals surface area contributed by atoms with Gasteiger partial charge in [0.1, 0.15) is 0 Å². The summed E-state index contributed by atoms with van der Waals surface area (Å²) in [6, 6.07) is 7.76.